The van der Waals surface area contributed by atoms with E-state index in [2.05, 4.69) is 9.97 Å². The summed E-state index contributed by atoms with van der Waals surface area (Å²) < 4.78 is 5.36. The van der Waals surface area contributed by atoms with Crippen LogP contribution in [0.5, 0.6) is 5.75 Å². The standard InChI is InChI=1S/C10H10N2O/c1-2-13-9-3-4-10-8(5-9)6-11-7-12-10/h3-7H,2H2,1H3. The molecule has 2 rings (SSSR count). The lowest BCUT2D eigenvalue weighted by atomic mass is 10.2. The van der Waals surface area contributed by atoms with E-state index in [-0.39, 0.29) is 0 Å². The molecule has 0 aliphatic carbocycles. The molecule has 0 unspecified atom stereocenters. The van der Waals surface area contributed by atoms with Crippen molar-refractivity contribution in [1.29, 1.82) is 0 Å². The second-order valence-corrected chi connectivity index (χ2v) is 2.68. The van der Waals surface area contributed by atoms with E-state index in [1.165, 1.54) is 0 Å². The summed E-state index contributed by atoms with van der Waals surface area (Å²) in [6.07, 6.45) is 3.33. The average molecular weight is 174 g/mol. The largest absolute Gasteiger partial charge is 0.494 e. The van der Waals surface area contributed by atoms with Crippen LogP contribution in [0.15, 0.2) is 30.7 Å². The quantitative estimate of drug-likeness (QED) is 0.698. The molecule has 13 heavy (non-hydrogen) atoms. The summed E-state index contributed by atoms with van der Waals surface area (Å²) >= 11 is 0. The lowest BCUT2D eigenvalue weighted by Gasteiger charge is -2.02. The summed E-state index contributed by atoms with van der Waals surface area (Å²) in [7, 11) is 0. The molecule has 66 valence electrons. The maximum atomic E-state index is 5.36. The molecule has 3 nitrogen and oxygen atoms in total. The van der Waals surface area contributed by atoms with Gasteiger partial charge < -0.3 is 4.74 Å². The van der Waals surface area contributed by atoms with Crippen molar-refractivity contribution in [2.24, 2.45) is 0 Å². The van der Waals surface area contributed by atoms with Crippen molar-refractivity contribution in [2.45, 2.75) is 6.92 Å². The predicted octanol–water partition coefficient (Wildman–Crippen LogP) is 2.03. The van der Waals surface area contributed by atoms with Gasteiger partial charge in [-0.3, -0.25) is 0 Å². The Bertz CT molecular complexity index is 414. The zero-order valence-corrected chi connectivity index (χ0v) is 7.40. The van der Waals surface area contributed by atoms with Gasteiger partial charge in [0.15, 0.2) is 0 Å². The van der Waals surface area contributed by atoms with E-state index in [1.54, 1.807) is 12.5 Å². The maximum absolute atomic E-state index is 5.36. The number of aromatic nitrogens is 2. The zero-order valence-electron chi connectivity index (χ0n) is 7.40. The molecule has 2 aromatic rings. The molecule has 0 fully saturated rings. The smallest absolute Gasteiger partial charge is 0.120 e. The SMILES string of the molecule is CCOc1ccc2ncncc2c1. The third-order valence-corrected chi connectivity index (χ3v) is 1.79. The van der Waals surface area contributed by atoms with Crippen molar-refractivity contribution in [3.05, 3.63) is 30.7 Å². The van der Waals surface area contributed by atoms with Crippen LogP contribution in [-0.2, 0) is 0 Å². The first kappa shape index (κ1) is 7.98. The van der Waals surface area contributed by atoms with Crippen LogP contribution in [0.1, 0.15) is 6.92 Å². The molecule has 0 atom stereocenters. The van der Waals surface area contributed by atoms with Crippen molar-refractivity contribution in [3.8, 4) is 5.75 Å². The fourth-order valence-corrected chi connectivity index (χ4v) is 1.22. The molecule has 1 aromatic carbocycles. The highest BCUT2D eigenvalue weighted by Gasteiger charge is 1.96. The van der Waals surface area contributed by atoms with Crippen LogP contribution in [-0.4, -0.2) is 16.6 Å². The van der Waals surface area contributed by atoms with E-state index in [9.17, 15) is 0 Å². The number of ether oxygens (including phenoxy) is 1. The zero-order chi connectivity index (χ0) is 9.10. The average Bonchev–Trinajstić information content (AvgIpc) is 2.18. The number of nitrogens with zero attached hydrogens (tertiary/aromatic N) is 2. The molecule has 0 aliphatic rings. The first-order valence-corrected chi connectivity index (χ1v) is 4.22. The van der Waals surface area contributed by atoms with E-state index in [4.69, 9.17) is 4.74 Å². The highest BCUT2D eigenvalue weighted by molar-refractivity contribution is 5.78. The Kier molecular flexibility index (Phi) is 2.08. The van der Waals surface area contributed by atoms with E-state index in [1.807, 2.05) is 25.1 Å². The second-order valence-electron chi connectivity index (χ2n) is 2.68. The minimum Gasteiger partial charge on any atom is -0.494 e. The summed E-state index contributed by atoms with van der Waals surface area (Å²) in [6.45, 7) is 2.64. The van der Waals surface area contributed by atoms with Gasteiger partial charge in [0, 0.05) is 11.6 Å². The summed E-state index contributed by atoms with van der Waals surface area (Å²) in [5.74, 6) is 0.866. The van der Waals surface area contributed by atoms with Gasteiger partial charge in [0.25, 0.3) is 0 Å². The number of hydrogen-bond acceptors (Lipinski definition) is 3. The minimum atomic E-state index is 0.680. The Labute approximate surface area is 76.4 Å². The molecule has 1 heterocycles. The van der Waals surface area contributed by atoms with Crippen LogP contribution in [0.25, 0.3) is 10.9 Å². The molecule has 0 radical (unpaired) electrons. The van der Waals surface area contributed by atoms with Crippen molar-refractivity contribution >= 4 is 10.9 Å². The van der Waals surface area contributed by atoms with Crippen molar-refractivity contribution < 1.29 is 4.74 Å². The van der Waals surface area contributed by atoms with Crippen molar-refractivity contribution in [1.82, 2.24) is 9.97 Å². The second kappa shape index (κ2) is 3.39. The molecule has 0 saturated heterocycles. The molecule has 0 N–H and O–H groups in total. The molecule has 0 saturated carbocycles. The topological polar surface area (TPSA) is 35.0 Å². The van der Waals surface area contributed by atoms with Gasteiger partial charge in [-0.05, 0) is 25.1 Å². The Balaban J connectivity index is 2.49. The Morgan fingerprint density at radius 2 is 2.31 bits per heavy atom. The summed E-state index contributed by atoms with van der Waals surface area (Å²) in [6, 6.07) is 5.79. The summed E-state index contributed by atoms with van der Waals surface area (Å²) in [5.41, 5.74) is 0.943. The van der Waals surface area contributed by atoms with E-state index in [0.717, 1.165) is 16.7 Å². The minimum absolute atomic E-state index is 0.680. The van der Waals surface area contributed by atoms with E-state index >= 15 is 0 Å². The van der Waals surface area contributed by atoms with Crippen LogP contribution in [0.4, 0.5) is 0 Å². The van der Waals surface area contributed by atoms with Crippen LogP contribution < -0.4 is 4.74 Å². The van der Waals surface area contributed by atoms with E-state index in [0.29, 0.717) is 6.61 Å². The lowest BCUT2D eigenvalue weighted by molar-refractivity contribution is 0.340. The highest BCUT2D eigenvalue weighted by Crippen LogP contribution is 2.17. The Morgan fingerprint density at radius 3 is 3.15 bits per heavy atom. The number of rotatable bonds is 2. The maximum Gasteiger partial charge on any atom is 0.120 e. The molecule has 0 bridgehead atoms. The number of hydrogen-bond donors (Lipinski definition) is 0. The fraction of sp³-hybridized carbons (Fsp3) is 0.200. The van der Waals surface area contributed by atoms with Gasteiger partial charge in [-0.2, -0.15) is 0 Å². The molecule has 0 spiro atoms. The number of fused-ring (bicyclic) bond motifs is 1. The van der Waals surface area contributed by atoms with Crippen LogP contribution >= 0.6 is 0 Å². The Hall–Kier alpha value is -1.64. The normalized spacial score (nSPS) is 10.2. The van der Waals surface area contributed by atoms with Crippen LogP contribution in [0.2, 0.25) is 0 Å². The molecular weight excluding hydrogens is 164 g/mol. The van der Waals surface area contributed by atoms with Gasteiger partial charge in [0.05, 0.1) is 12.1 Å². The molecule has 0 amide bonds. The third-order valence-electron chi connectivity index (χ3n) is 1.79. The molecule has 1 aromatic heterocycles. The molecular formula is C10H10N2O. The fourth-order valence-electron chi connectivity index (χ4n) is 1.22. The predicted molar refractivity (Wildman–Crippen MR) is 50.7 cm³/mol. The van der Waals surface area contributed by atoms with Crippen molar-refractivity contribution in [2.75, 3.05) is 6.61 Å². The Morgan fingerprint density at radius 1 is 1.38 bits per heavy atom. The first-order valence-electron chi connectivity index (χ1n) is 4.22. The van der Waals surface area contributed by atoms with E-state index < -0.39 is 0 Å². The summed E-state index contributed by atoms with van der Waals surface area (Å²) in [4.78, 5) is 8.06. The van der Waals surface area contributed by atoms with Gasteiger partial charge in [-0.1, -0.05) is 0 Å². The third kappa shape index (κ3) is 1.59. The molecule has 0 aliphatic heterocycles. The van der Waals surface area contributed by atoms with Crippen LogP contribution in [0, 0.1) is 0 Å². The van der Waals surface area contributed by atoms with Gasteiger partial charge in [0.1, 0.15) is 12.1 Å². The van der Waals surface area contributed by atoms with Gasteiger partial charge in [-0.15, -0.1) is 0 Å². The monoisotopic (exact) mass is 174 g/mol. The lowest BCUT2D eigenvalue weighted by Crippen LogP contribution is -1.91. The van der Waals surface area contributed by atoms with Crippen molar-refractivity contribution in [3.63, 3.8) is 0 Å². The molecule has 3 heteroatoms. The summed E-state index contributed by atoms with van der Waals surface area (Å²) in [5, 5.41) is 1.01. The van der Waals surface area contributed by atoms with Crippen LogP contribution in [0.3, 0.4) is 0 Å². The number of benzene rings is 1. The van der Waals surface area contributed by atoms with Gasteiger partial charge >= 0.3 is 0 Å². The first-order chi connectivity index (χ1) is 6.40. The van der Waals surface area contributed by atoms with Gasteiger partial charge in [-0.25, -0.2) is 9.97 Å². The highest BCUT2D eigenvalue weighted by atomic mass is 16.5. The van der Waals surface area contributed by atoms with Gasteiger partial charge in [0.2, 0.25) is 0 Å².